The van der Waals surface area contributed by atoms with Gasteiger partial charge in [0.15, 0.2) is 11.5 Å². The number of para-hydroxylation sites is 2. The van der Waals surface area contributed by atoms with Crippen LogP contribution in [0.4, 0.5) is 0 Å². The first-order valence-electron chi connectivity index (χ1n) is 10.1. The Morgan fingerprint density at radius 1 is 1.14 bits per heavy atom. The van der Waals surface area contributed by atoms with E-state index in [4.69, 9.17) is 9.47 Å². The molecule has 1 aliphatic rings. The van der Waals surface area contributed by atoms with E-state index in [1.807, 2.05) is 36.4 Å². The van der Waals surface area contributed by atoms with Gasteiger partial charge < -0.3 is 14.8 Å². The molecule has 4 heteroatoms. The smallest absolute Gasteiger partial charge is 0.161 e. The maximum absolute atomic E-state index is 10.1. The van der Waals surface area contributed by atoms with E-state index >= 15 is 0 Å². The predicted octanol–water partition coefficient (Wildman–Crippen LogP) is 4.62. The number of nitrogens with zero attached hydrogens (tertiary/aromatic N) is 1. The molecular weight excluding hydrogens is 348 g/mol. The largest absolute Gasteiger partial charge is 0.486 e. The molecule has 0 saturated heterocycles. The van der Waals surface area contributed by atoms with Crippen molar-refractivity contribution in [3.05, 3.63) is 59.7 Å². The van der Waals surface area contributed by atoms with Crippen molar-refractivity contribution >= 4 is 0 Å². The minimum Gasteiger partial charge on any atom is -0.486 e. The van der Waals surface area contributed by atoms with Crippen molar-refractivity contribution in [2.24, 2.45) is 5.92 Å². The van der Waals surface area contributed by atoms with Crippen LogP contribution in [0.15, 0.2) is 48.5 Å². The van der Waals surface area contributed by atoms with Crippen molar-refractivity contribution in [3.63, 3.8) is 0 Å². The van der Waals surface area contributed by atoms with Gasteiger partial charge in [-0.2, -0.15) is 5.26 Å². The van der Waals surface area contributed by atoms with Gasteiger partial charge in [-0.3, -0.25) is 0 Å². The number of hydrogen-bond acceptors (Lipinski definition) is 4. The molecule has 0 bridgehead atoms. The van der Waals surface area contributed by atoms with E-state index in [1.54, 1.807) is 0 Å². The minimum atomic E-state index is -0.448. The van der Waals surface area contributed by atoms with E-state index in [2.05, 4.69) is 44.3 Å². The van der Waals surface area contributed by atoms with Crippen LogP contribution in [0.25, 0.3) is 0 Å². The fraction of sp³-hybridized carbons (Fsp3) is 0.458. The third kappa shape index (κ3) is 4.31. The molecule has 0 aliphatic carbocycles. The topological polar surface area (TPSA) is 54.3 Å². The summed E-state index contributed by atoms with van der Waals surface area (Å²) in [6.45, 7) is 8.53. The second kappa shape index (κ2) is 9.12. The number of benzene rings is 2. The molecular formula is C24H30N2O2. The first kappa shape index (κ1) is 20.2. The highest BCUT2D eigenvalue weighted by atomic mass is 16.6. The molecule has 3 rings (SSSR count). The third-order valence-corrected chi connectivity index (χ3v) is 5.67. The Bertz CT molecular complexity index is 827. The molecule has 28 heavy (non-hydrogen) atoms. The summed E-state index contributed by atoms with van der Waals surface area (Å²) in [5, 5.41) is 13.5. The van der Waals surface area contributed by atoms with Crippen LogP contribution in [-0.4, -0.2) is 25.8 Å². The third-order valence-electron chi connectivity index (χ3n) is 5.67. The quantitative estimate of drug-likeness (QED) is 0.681. The molecule has 0 amide bonds. The molecule has 0 spiro atoms. The number of nitriles is 1. The zero-order valence-corrected chi connectivity index (χ0v) is 17.1. The average molecular weight is 379 g/mol. The molecule has 4 nitrogen and oxygen atoms in total. The van der Waals surface area contributed by atoms with Crippen molar-refractivity contribution in [1.29, 1.82) is 5.26 Å². The van der Waals surface area contributed by atoms with Gasteiger partial charge in [-0.05, 0) is 55.5 Å². The fourth-order valence-corrected chi connectivity index (χ4v) is 3.97. The summed E-state index contributed by atoms with van der Waals surface area (Å²) in [6, 6.07) is 18.7. The summed E-state index contributed by atoms with van der Waals surface area (Å²) in [7, 11) is 0. The van der Waals surface area contributed by atoms with Gasteiger partial charge in [0.2, 0.25) is 0 Å². The van der Waals surface area contributed by atoms with Gasteiger partial charge in [-0.25, -0.2) is 0 Å². The number of aryl methyl sites for hydroxylation is 1. The SMILES string of the molecule is Cc1ccccc1C(C#N)(CCCNCC1COc2ccccc2O1)C(C)C. The molecule has 0 aromatic heterocycles. The van der Waals surface area contributed by atoms with Crippen LogP contribution in [0, 0.1) is 24.2 Å². The van der Waals surface area contributed by atoms with E-state index in [1.165, 1.54) is 5.56 Å². The van der Waals surface area contributed by atoms with Crippen molar-refractivity contribution in [2.75, 3.05) is 19.7 Å². The maximum atomic E-state index is 10.1. The van der Waals surface area contributed by atoms with E-state index in [-0.39, 0.29) is 12.0 Å². The van der Waals surface area contributed by atoms with Gasteiger partial charge in [0, 0.05) is 6.54 Å². The molecule has 0 fully saturated rings. The monoisotopic (exact) mass is 378 g/mol. The molecule has 148 valence electrons. The summed E-state index contributed by atoms with van der Waals surface area (Å²) >= 11 is 0. The lowest BCUT2D eigenvalue weighted by Crippen LogP contribution is -2.39. The lowest BCUT2D eigenvalue weighted by Gasteiger charge is -2.33. The summed E-state index contributed by atoms with van der Waals surface area (Å²) < 4.78 is 11.7. The Hall–Kier alpha value is -2.51. The number of hydrogen-bond donors (Lipinski definition) is 1. The second-order valence-electron chi connectivity index (χ2n) is 7.86. The van der Waals surface area contributed by atoms with Gasteiger partial charge in [0.1, 0.15) is 12.7 Å². The van der Waals surface area contributed by atoms with E-state index in [9.17, 15) is 5.26 Å². The molecule has 2 aromatic rings. The van der Waals surface area contributed by atoms with E-state index in [0.717, 1.165) is 43.0 Å². The molecule has 1 N–H and O–H groups in total. The van der Waals surface area contributed by atoms with Gasteiger partial charge >= 0.3 is 0 Å². The summed E-state index contributed by atoms with van der Waals surface area (Å²) in [6.07, 6.45) is 1.78. The summed E-state index contributed by atoms with van der Waals surface area (Å²) in [5.74, 6) is 1.88. The normalized spacial score (nSPS) is 17.8. The number of fused-ring (bicyclic) bond motifs is 1. The van der Waals surface area contributed by atoms with Crippen LogP contribution < -0.4 is 14.8 Å². The Kier molecular flexibility index (Phi) is 6.59. The highest BCUT2D eigenvalue weighted by Crippen LogP contribution is 2.38. The van der Waals surface area contributed by atoms with Gasteiger partial charge in [0.25, 0.3) is 0 Å². The molecule has 2 atom stereocenters. The Balaban J connectivity index is 1.52. The Morgan fingerprint density at radius 3 is 2.57 bits per heavy atom. The lowest BCUT2D eigenvalue weighted by molar-refractivity contribution is 0.0904. The zero-order valence-electron chi connectivity index (χ0n) is 17.1. The zero-order chi connectivity index (χ0) is 20.0. The van der Waals surface area contributed by atoms with Crippen molar-refractivity contribution in [2.45, 2.75) is 45.1 Å². The molecule has 2 unspecified atom stereocenters. The van der Waals surface area contributed by atoms with Crippen LogP contribution in [0.3, 0.4) is 0 Å². The van der Waals surface area contributed by atoms with E-state index < -0.39 is 5.41 Å². The second-order valence-corrected chi connectivity index (χ2v) is 7.86. The Morgan fingerprint density at radius 2 is 1.86 bits per heavy atom. The van der Waals surface area contributed by atoms with Gasteiger partial charge in [-0.15, -0.1) is 0 Å². The molecule has 1 aliphatic heterocycles. The minimum absolute atomic E-state index is 0.0112. The molecule has 0 radical (unpaired) electrons. The predicted molar refractivity (Wildman–Crippen MR) is 112 cm³/mol. The fourth-order valence-electron chi connectivity index (χ4n) is 3.97. The Labute approximate surface area is 168 Å². The first-order valence-corrected chi connectivity index (χ1v) is 10.1. The average Bonchev–Trinajstić information content (AvgIpc) is 2.71. The highest BCUT2D eigenvalue weighted by molar-refractivity contribution is 5.41. The maximum Gasteiger partial charge on any atom is 0.161 e. The standard InChI is InChI=1S/C24H30N2O2/c1-18(2)24(17-25,21-10-5-4-9-19(21)3)13-8-14-26-15-20-16-27-22-11-6-7-12-23(22)28-20/h4-7,9-12,18,20,26H,8,13-16H2,1-3H3. The molecule has 2 aromatic carbocycles. The van der Waals surface area contributed by atoms with Crippen molar-refractivity contribution < 1.29 is 9.47 Å². The summed E-state index contributed by atoms with van der Waals surface area (Å²) in [5.41, 5.74) is 1.90. The summed E-state index contributed by atoms with van der Waals surface area (Å²) in [4.78, 5) is 0. The highest BCUT2D eigenvalue weighted by Gasteiger charge is 2.36. The molecule has 1 heterocycles. The van der Waals surface area contributed by atoms with Crippen LogP contribution in [0.5, 0.6) is 11.5 Å². The van der Waals surface area contributed by atoms with Crippen LogP contribution in [0.1, 0.15) is 37.8 Å². The van der Waals surface area contributed by atoms with Gasteiger partial charge in [0.05, 0.1) is 11.5 Å². The van der Waals surface area contributed by atoms with E-state index in [0.29, 0.717) is 6.61 Å². The van der Waals surface area contributed by atoms with Gasteiger partial charge in [-0.1, -0.05) is 50.2 Å². The van der Waals surface area contributed by atoms with Crippen molar-refractivity contribution in [3.8, 4) is 17.6 Å². The number of nitrogens with one attached hydrogen (secondary N) is 1. The first-order chi connectivity index (χ1) is 13.6. The van der Waals surface area contributed by atoms with Crippen LogP contribution >= 0.6 is 0 Å². The molecule has 0 saturated carbocycles. The van der Waals surface area contributed by atoms with Crippen LogP contribution in [-0.2, 0) is 5.41 Å². The number of rotatable bonds is 8. The number of ether oxygens (including phenoxy) is 2. The van der Waals surface area contributed by atoms with Crippen molar-refractivity contribution in [1.82, 2.24) is 5.32 Å². The lowest BCUT2D eigenvalue weighted by atomic mass is 9.68. The van der Waals surface area contributed by atoms with Crippen LogP contribution in [0.2, 0.25) is 0 Å².